The van der Waals surface area contributed by atoms with Crippen LogP contribution >= 0.6 is 0 Å². The molecule has 1 N–H and O–H groups in total. The second kappa shape index (κ2) is 6.29. The van der Waals surface area contributed by atoms with E-state index in [-0.39, 0.29) is 5.41 Å². The van der Waals surface area contributed by atoms with Gasteiger partial charge in [-0.15, -0.1) is 0 Å². The molecule has 0 amide bonds. The molecule has 3 fully saturated rings. The number of aliphatic hydroxyl groups is 1. The maximum atomic E-state index is 11.0. The van der Waals surface area contributed by atoms with Crippen LogP contribution in [-0.2, 0) is 0 Å². The zero-order valence-electron chi connectivity index (χ0n) is 17.7. The van der Waals surface area contributed by atoms with Gasteiger partial charge in [0, 0.05) is 17.8 Å². The first-order chi connectivity index (χ1) is 13.4. The lowest BCUT2D eigenvalue weighted by atomic mass is 9.45. The van der Waals surface area contributed by atoms with Gasteiger partial charge in [0.05, 0.1) is 5.60 Å². The molecule has 150 valence electrons. The lowest BCUT2D eigenvalue weighted by molar-refractivity contribution is -0.121. The summed E-state index contributed by atoms with van der Waals surface area (Å²) in [5, 5.41) is 11.0. The molecular formula is C26H35NO. The number of hydrogen-bond acceptors (Lipinski definition) is 2. The summed E-state index contributed by atoms with van der Waals surface area (Å²) in [6.45, 7) is 7.21. The highest BCUT2D eigenvalue weighted by Crippen LogP contribution is 2.66. The van der Waals surface area contributed by atoms with E-state index in [9.17, 15) is 5.11 Å². The Kier molecular flexibility index (Phi) is 4.18. The minimum absolute atomic E-state index is 0.187. The van der Waals surface area contributed by atoms with Crippen LogP contribution in [0.3, 0.4) is 0 Å². The standard InChI is InChI=1S/C26H35NO/c1-4-26(28)14-13-24(2)19(16-26)7-8-20-22-10-9-21(18-6-5-15-27-17-18)25(22,3)12-11-23(20)24/h5-6,9-10,15,17,19-20,23,28H,4,7-8,11-14,16H2,1-3H3/t19?,20-,23?,24-,25+,26-/m0/s1. The van der Waals surface area contributed by atoms with Gasteiger partial charge in [-0.25, -0.2) is 0 Å². The largest absolute Gasteiger partial charge is 0.390 e. The number of aromatic nitrogens is 1. The molecule has 0 aliphatic heterocycles. The molecule has 4 aliphatic carbocycles. The van der Waals surface area contributed by atoms with Gasteiger partial charge in [-0.2, -0.15) is 0 Å². The molecule has 0 bridgehead atoms. The van der Waals surface area contributed by atoms with E-state index in [1.165, 1.54) is 43.2 Å². The Hall–Kier alpha value is -1.41. The van der Waals surface area contributed by atoms with Crippen molar-refractivity contribution in [2.75, 3.05) is 0 Å². The van der Waals surface area contributed by atoms with Gasteiger partial charge in [-0.3, -0.25) is 4.98 Å². The van der Waals surface area contributed by atoms with Crippen LogP contribution in [0.4, 0.5) is 0 Å². The van der Waals surface area contributed by atoms with E-state index in [0.29, 0.717) is 11.3 Å². The van der Waals surface area contributed by atoms with Crippen molar-refractivity contribution < 1.29 is 5.11 Å². The number of hydrogen-bond donors (Lipinski definition) is 1. The van der Waals surface area contributed by atoms with Crippen molar-refractivity contribution in [3.8, 4) is 0 Å². The summed E-state index contributed by atoms with van der Waals surface area (Å²) in [5.41, 5.74) is 4.65. The summed E-state index contributed by atoms with van der Waals surface area (Å²) in [6, 6.07) is 4.28. The third-order valence-electron chi connectivity index (χ3n) is 9.49. The van der Waals surface area contributed by atoms with E-state index < -0.39 is 5.60 Å². The molecule has 4 aliphatic rings. The number of nitrogens with zero attached hydrogens (tertiary/aromatic N) is 1. The van der Waals surface area contributed by atoms with E-state index in [0.717, 1.165) is 31.1 Å². The summed E-state index contributed by atoms with van der Waals surface area (Å²) in [7, 11) is 0. The van der Waals surface area contributed by atoms with Crippen molar-refractivity contribution in [1.29, 1.82) is 0 Å². The van der Waals surface area contributed by atoms with Crippen molar-refractivity contribution in [1.82, 2.24) is 4.98 Å². The van der Waals surface area contributed by atoms with Crippen LogP contribution in [-0.4, -0.2) is 15.7 Å². The third kappa shape index (κ3) is 2.53. The van der Waals surface area contributed by atoms with Crippen LogP contribution in [0.5, 0.6) is 0 Å². The predicted molar refractivity (Wildman–Crippen MR) is 115 cm³/mol. The number of allylic oxidation sites excluding steroid dienone is 4. The summed E-state index contributed by atoms with van der Waals surface area (Å²) in [6.07, 6.45) is 18.1. The van der Waals surface area contributed by atoms with Crippen molar-refractivity contribution in [2.45, 2.75) is 77.7 Å². The molecule has 0 radical (unpaired) electrons. The highest BCUT2D eigenvalue weighted by atomic mass is 16.3. The molecule has 6 atom stereocenters. The van der Waals surface area contributed by atoms with Crippen LogP contribution in [0.1, 0.15) is 77.7 Å². The van der Waals surface area contributed by atoms with Gasteiger partial charge < -0.3 is 5.11 Å². The number of fused-ring (bicyclic) bond motifs is 5. The predicted octanol–water partition coefficient (Wildman–Crippen LogP) is 6.18. The van der Waals surface area contributed by atoms with E-state index in [4.69, 9.17) is 0 Å². The van der Waals surface area contributed by atoms with Gasteiger partial charge in [0.2, 0.25) is 0 Å². The summed E-state index contributed by atoms with van der Waals surface area (Å²) in [4.78, 5) is 4.38. The Morgan fingerprint density at radius 1 is 1.11 bits per heavy atom. The Morgan fingerprint density at radius 3 is 2.71 bits per heavy atom. The molecule has 0 aromatic carbocycles. The van der Waals surface area contributed by atoms with E-state index in [1.54, 1.807) is 5.57 Å². The third-order valence-corrected chi connectivity index (χ3v) is 9.49. The Labute approximate surface area is 170 Å². The van der Waals surface area contributed by atoms with E-state index in [2.05, 4.69) is 50.0 Å². The molecule has 2 heteroatoms. The highest BCUT2D eigenvalue weighted by molar-refractivity contribution is 5.78. The quantitative estimate of drug-likeness (QED) is 0.667. The monoisotopic (exact) mass is 377 g/mol. The zero-order chi connectivity index (χ0) is 19.6. The summed E-state index contributed by atoms with van der Waals surface area (Å²) >= 11 is 0. The van der Waals surface area contributed by atoms with Gasteiger partial charge >= 0.3 is 0 Å². The molecule has 1 aromatic rings. The second-order valence-electron chi connectivity index (χ2n) is 10.6. The highest BCUT2D eigenvalue weighted by Gasteiger charge is 2.57. The van der Waals surface area contributed by atoms with Crippen LogP contribution in [0.25, 0.3) is 5.57 Å². The van der Waals surface area contributed by atoms with Crippen molar-refractivity contribution >= 4 is 5.57 Å². The molecule has 0 spiro atoms. The van der Waals surface area contributed by atoms with Crippen LogP contribution < -0.4 is 0 Å². The first-order valence-corrected chi connectivity index (χ1v) is 11.5. The van der Waals surface area contributed by atoms with Gasteiger partial charge in [-0.1, -0.05) is 44.6 Å². The average molecular weight is 378 g/mol. The van der Waals surface area contributed by atoms with Crippen LogP contribution in [0.2, 0.25) is 0 Å². The van der Waals surface area contributed by atoms with Gasteiger partial charge in [-0.05, 0) is 91.7 Å². The fourth-order valence-corrected chi connectivity index (χ4v) is 7.58. The van der Waals surface area contributed by atoms with E-state index in [1.807, 2.05) is 12.4 Å². The summed E-state index contributed by atoms with van der Waals surface area (Å²) in [5.74, 6) is 2.21. The Bertz CT molecular complexity index is 826. The molecule has 2 nitrogen and oxygen atoms in total. The van der Waals surface area contributed by atoms with E-state index >= 15 is 0 Å². The van der Waals surface area contributed by atoms with Gasteiger partial charge in [0.25, 0.3) is 0 Å². The maximum Gasteiger partial charge on any atom is 0.0648 e. The lowest BCUT2D eigenvalue weighted by Crippen LogP contribution is -2.54. The average Bonchev–Trinajstić information content (AvgIpc) is 3.06. The molecule has 5 rings (SSSR count). The first-order valence-electron chi connectivity index (χ1n) is 11.5. The first kappa shape index (κ1) is 18.6. The smallest absolute Gasteiger partial charge is 0.0648 e. The topological polar surface area (TPSA) is 33.1 Å². The summed E-state index contributed by atoms with van der Waals surface area (Å²) < 4.78 is 0. The molecule has 3 saturated carbocycles. The molecular weight excluding hydrogens is 342 g/mol. The molecule has 1 heterocycles. The molecule has 0 saturated heterocycles. The van der Waals surface area contributed by atoms with Crippen molar-refractivity contribution in [3.63, 3.8) is 0 Å². The van der Waals surface area contributed by atoms with Gasteiger partial charge in [0.1, 0.15) is 0 Å². The normalized spacial score (nSPS) is 44.8. The Balaban J connectivity index is 1.43. The fraction of sp³-hybridized carbons (Fsp3) is 0.654. The minimum atomic E-state index is -0.401. The minimum Gasteiger partial charge on any atom is -0.390 e. The fourth-order valence-electron chi connectivity index (χ4n) is 7.58. The second-order valence-corrected chi connectivity index (χ2v) is 10.6. The zero-order valence-corrected chi connectivity index (χ0v) is 17.7. The number of rotatable bonds is 2. The van der Waals surface area contributed by atoms with Gasteiger partial charge in [0.15, 0.2) is 0 Å². The maximum absolute atomic E-state index is 11.0. The molecule has 2 unspecified atom stereocenters. The van der Waals surface area contributed by atoms with Crippen molar-refractivity contribution in [3.05, 3.63) is 47.8 Å². The van der Waals surface area contributed by atoms with Crippen LogP contribution in [0.15, 0.2) is 42.3 Å². The molecule has 28 heavy (non-hydrogen) atoms. The SMILES string of the molecule is CC[C@]1(O)CC[C@@]2(C)C(CC[C@H]3C4=CC=C(c5cccnc5)[C@@]4(C)CCC32)C1. The lowest BCUT2D eigenvalue weighted by Gasteiger charge is -2.60. The molecule has 1 aromatic heterocycles. The number of pyridine rings is 1. The van der Waals surface area contributed by atoms with Crippen molar-refractivity contribution in [2.24, 2.45) is 28.6 Å². The van der Waals surface area contributed by atoms with Crippen LogP contribution in [0, 0.1) is 28.6 Å². The Morgan fingerprint density at radius 2 is 1.96 bits per heavy atom.